The zero-order valence-corrected chi connectivity index (χ0v) is 13.9. The lowest BCUT2D eigenvalue weighted by Crippen LogP contribution is -2.41. The summed E-state index contributed by atoms with van der Waals surface area (Å²) in [7, 11) is 0. The highest BCUT2D eigenvalue weighted by Gasteiger charge is 2.45. The highest BCUT2D eigenvalue weighted by atomic mass is 16.6. The predicted octanol–water partition coefficient (Wildman–Crippen LogP) is -2.53. The molecule has 0 aromatic carbocycles. The Bertz CT molecular complexity index is 718. The minimum absolute atomic E-state index is 0.0795. The van der Waals surface area contributed by atoms with Gasteiger partial charge < -0.3 is 25.4 Å². The van der Waals surface area contributed by atoms with Gasteiger partial charge in [-0.25, -0.2) is 4.79 Å². The van der Waals surface area contributed by atoms with E-state index in [0.717, 1.165) is 6.20 Å². The van der Waals surface area contributed by atoms with E-state index < -0.39 is 47.8 Å². The van der Waals surface area contributed by atoms with Crippen LogP contribution in [0.3, 0.4) is 0 Å². The highest BCUT2D eigenvalue weighted by Crippen LogP contribution is 2.28. The fraction of sp³-hybridized carbons (Fsp3) is 0.714. The van der Waals surface area contributed by atoms with Gasteiger partial charge in [0.1, 0.15) is 37.2 Å². The Kier molecular flexibility index (Phi) is 6.06. The van der Waals surface area contributed by atoms with E-state index in [9.17, 15) is 24.6 Å². The molecule has 1 fully saturated rings. The fourth-order valence-corrected chi connectivity index (χ4v) is 2.36. The van der Waals surface area contributed by atoms with E-state index in [1.807, 2.05) is 11.9 Å². The zero-order chi connectivity index (χ0) is 18.7. The Morgan fingerprint density at radius 1 is 1.48 bits per heavy atom. The Labute approximate surface area is 142 Å². The molecule has 5 N–H and O–H groups in total. The molecular weight excluding hydrogens is 336 g/mol. The van der Waals surface area contributed by atoms with Gasteiger partial charge in [0.05, 0.1) is 0 Å². The summed E-state index contributed by atoms with van der Waals surface area (Å²) in [5.74, 6) is -0.730. The maximum absolute atomic E-state index is 11.9. The number of nitrogens with two attached hydrogens (primary N) is 1. The lowest BCUT2D eigenvalue weighted by atomic mass is 10.0. The van der Waals surface area contributed by atoms with Crippen LogP contribution in [-0.4, -0.2) is 61.9 Å². The first-order valence-electron chi connectivity index (χ1n) is 7.88. The molecule has 11 nitrogen and oxygen atoms in total. The van der Waals surface area contributed by atoms with Crippen molar-refractivity contribution in [1.29, 1.82) is 0 Å². The van der Waals surface area contributed by atoms with Crippen molar-refractivity contribution in [3.63, 3.8) is 0 Å². The maximum atomic E-state index is 11.9. The third-order valence-corrected chi connectivity index (χ3v) is 4.23. The summed E-state index contributed by atoms with van der Waals surface area (Å²) < 4.78 is 11.1. The summed E-state index contributed by atoms with van der Waals surface area (Å²) in [6.45, 7) is 3.34. The molecule has 0 radical (unpaired) electrons. The van der Waals surface area contributed by atoms with E-state index in [-0.39, 0.29) is 12.5 Å². The monoisotopic (exact) mass is 358 g/mol. The number of esters is 1. The van der Waals surface area contributed by atoms with Crippen LogP contribution >= 0.6 is 0 Å². The topological polar surface area (TPSA) is 170 Å². The first-order valence-corrected chi connectivity index (χ1v) is 7.88. The number of rotatable bonds is 6. The Hall–Kier alpha value is -2.08. The maximum Gasteiger partial charge on any atom is 0.347 e. The summed E-state index contributed by atoms with van der Waals surface area (Å²) in [5.41, 5.74) is 4.14. The number of aliphatic hydroxyl groups is 2. The number of H-pyrrole nitrogens is 1. The Morgan fingerprint density at radius 2 is 2.16 bits per heavy atom. The number of nitrogens with one attached hydrogen (secondary N) is 1. The van der Waals surface area contributed by atoms with E-state index in [1.165, 1.54) is 0 Å². The number of aromatic amines is 1. The molecule has 4 unspecified atom stereocenters. The predicted molar refractivity (Wildman–Crippen MR) is 83.4 cm³/mol. The van der Waals surface area contributed by atoms with Crippen molar-refractivity contribution in [3.8, 4) is 0 Å². The molecule has 0 bridgehead atoms. The van der Waals surface area contributed by atoms with Gasteiger partial charge in [-0.15, -0.1) is 0 Å². The molecule has 140 valence electrons. The summed E-state index contributed by atoms with van der Waals surface area (Å²) >= 11 is 0. The minimum atomic E-state index is -1.50. The van der Waals surface area contributed by atoms with Crippen LogP contribution in [0.4, 0.5) is 0 Å². The van der Waals surface area contributed by atoms with Crippen LogP contribution in [0.25, 0.3) is 0 Å². The molecule has 2 rings (SSSR count). The van der Waals surface area contributed by atoms with E-state index >= 15 is 0 Å². The van der Waals surface area contributed by atoms with Gasteiger partial charge in [0.15, 0.2) is 6.23 Å². The SMILES string of the molecule is CC[C@H](C)[C@H](N)C(=O)OCC1OC(n2ncc(=O)[nH]c2=O)C(O)C1O. The number of hydrogen-bond donors (Lipinski definition) is 4. The molecule has 1 aliphatic heterocycles. The second-order valence-corrected chi connectivity index (χ2v) is 5.97. The number of aromatic nitrogens is 3. The van der Waals surface area contributed by atoms with Gasteiger partial charge in [-0.2, -0.15) is 9.78 Å². The number of nitrogens with zero attached hydrogens (tertiary/aromatic N) is 2. The quantitative estimate of drug-likeness (QED) is 0.400. The van der Waals surface area contributed by atoms with Gasteiger partial charge in [-0.3, -0.25) is 14.6 Å². The largest absolute Gasteiger partial charge is 0.462 e. The lowest BCUT2D eigenvalue weighted by Gasteiger charge is -2.19. The van der Waals surface area contributed by atoms with Gasteiger partial charge in [0.25, 0.3) is 5.56 Å². The van der Waals surface area contributed by atoms with Crippen LogP contribution in [0, 0.1) is 5.92 Å². The van der Waals surface area contributed by atoms with E-state index in [1.54, 1.807) is 6.92 Å². The van der Waals surface area contributed by atoms with Crippen LogP contribution < -0.4 is 17.0 Å². The molecule has 6 atom stereocenters. The zero-order valence-electron chi connectivity index (χ0n) is 13.9. The van der Waals surface area contributed by atoms with Gasteiger partial charge in [-0.1, -0.05) is 20.3 Å². The van der Waals surface area contributed by atoms with Crippen LogP contribution in [0.15, 0.2) is 15.8 Å². The number of hydrogen-bond acceptors (Lipinski definition) is 9. The molecule has 0 aliphatic carbocycles. The van der Waals surface area contributed by atoms with Crippen LogP contribution in [0.2, 0.25) is 0 Å². The molecule has 0 amide bonds. The molecule has 0 spiro atoms. The van der Waals surface area contributed by atoms with Crippen molar-refractivity contribution >= 4 is 5.97 Å². The summed E-state index contributed by atoms with van der Waals surface area (Å²) in [5, 5.41) is 23.6. The fourth-order valence-electron chi connectivity index (χ4n) is 2.36. The number of carbonyl (C=O) groups is 1. The average Bonchev–Trinajstić information content (AvgIpc) is 2.86. The van der Waals surface area contributed by atoms with Gasteiger partial charge in [0, 0.05) is 0 Å². The lowest BCUT2D eigenvalue weighted by molar-refractivity contribution is -0.153. The molecule has 0 saturated carbocycles. The number of aliphatic hydroxyl groups excluding tert-OH is 2. The summed E-state index contributed by atoms with van der Waals surface area (Å²) in [4.78, 5) is 36.6. The van der Waals surface area contributed by atoms with Crippen LogP contribution in [0.1, 0.15) is 26.5 Å². The molecule has 1 aliphatic rings. The van der Waals surface area contributed by atoms with E-state index in [2.05, 4.69) is 5.10 Å². The van der Waals surface area contributed by atoms with Crippen molar-refractivity contribution in [2.75, 3.05) is 6.61 Å². The minimum Gasteiger partial charge on any atom is -0.462 e. The molecule has 1 aromatic heterocycles. The highest BCUT2D eigenvalue weighted by molar-refractivity contribution is 5.75. The standard InChI is InChI=1S/C14H22N4O7/c1-3-6(2)9(15)13(22)24-5-7-10(20)11(21)12(25-7)18-14(23)17-8(19)4-16-18/h4,6-7,9-12,20-21H,3,5,15H2,1-2H3,(H,17,19,23)/t6-,7?,9-,10?,11?,12?/m0/s1. The summed E-state index contributed by atoms with van der Waals surface area (Å²) in [6.07, 6.45) is -3.79. The van der Waals surface area contributed by atoms with Crippen molar-refractivity contribution in [2.45, 2.75) is 50.8 Å². The first kappa shape index (κ1) is 19.2. The normalized spacial score (nSPS) is 28.5. The molecular formula is C14H22N4O7. The second-order valence-electron chi connectivity index (χ2n) is 5.97. The van der Waals surface area contributed by atoms with Crippen molar-refractivity contribution in [2.24, 2.45) is 11.7 Å². The molecule has 1 aromatic rings. The van der Waals surface area contributed by atoms with E-state index in [0.29, 0.717) is 11.1 Å². The van der Waals surface area contributed by atoms with Crippen molar-refractivity contribution in [1.82, 2.24) is 14.8 Å². The van der Waals surface area contributed by atoms with Crippen molar-refractivity contribution < 1.29 is 24.5 Å². The van der Waals surface area contributed by atoms with Crippen LogP contribution in [0.5, 0.6) is 0 Å². The molecule has 1 saturated heterocycles. The average molecular weight is 358 g/mol. The smallest absolute Gasteiger partial charge is 0.347 e. The van der Waals surface area contributed by atoms with Gasteiger partial charge >= 0.3 is 11.7 Å². The third kappa shape index (κ3) is 4.12. The first-order chi connectivity index (χ1) is 11.8. The molecule has 2 heterocycles. The van der Waals surface area contributed by atoms with E-state index in [4.69, 9.17) is 15.2 Å². The Morgan fingerprint density at radius 3 is 2.76 bits per heavy atom. The number of ether oxygens (including phenoxy) is 2. The van der Waals surface area contributed by atoms with Crippen molar-refractivity contribution in [3.05, 3.63) is 27.0 Å². The van der Waals surface area contributed by atoms with Gasteiger partial charge in [0.2, 0.25) is 0 Å². The third-order valence-electron chi connectivity index (χ3n) is 4.23. The van der Waals surface area contributed by atoms with Crippen LogP contribution in [-0.2, 0) is 14.3 Å². The summed E-state index contributed by atoms with van der Waals surface area (Å²) in [6, 6.07) is -0.812. The molecule has 11 heteroatoms. The van der Waals surface area contributed by atoms with Gasteiger partial charge in [-0.05, 0) is 5.92 Å². The number of carbonyl (C=O) groups excluding carboxylic acids is 1. The Balaban J connectivity index is 2.03. The molecule has 25 heavy (non-hydrogen) atoms. The second kappa shape index (κ2) is 7.87.